The van der Waals surface area contributed by atoms with Gasteiger partial charge in [0.05, 0.1) is 12.8 Å². The third kappa shape index (κ3) is 8.75. The highest BCUT2D eigenvalue weighted by molar-refractivity contribution is 14.0. The first kappa shape index (κ1) is 26.7. The molecule has 1 aliphatic rings. The Morgan fingerprint density at radius 1 is 1.12 bits per heavy atom. The van der Waals surface area contributed by atoms with Gasteiger partial charge in [0.2, 0.25) is 0 Å². The van der Waals surface area contributed by atoms with E-state index in [1.54, 1.807) is 6.26 Å². The molecule has 0 saturated carbocycles. The molecule has 1 aliphatic heterocycles. The van der Waals surface area contributed by atoms with Crippen LogP contribution in [0, 0.1) is 0 Å². The summed E-state index contributed by atoms with van der Waals surface area (Å²) in [5.41, 5.74) is 2.62. The number of hydrogen-bond acceptors (Lipinski definition) is 4. The van der Waals surface area contributed by atoms with Gasteiger partial charge < -0.3 is 20.0 Å². The molecular formula is C25H40IN5O. The third-order valence-electron chi connectivity index (χ3n) is 5.99. The predicted octanol–water partition coefficient (Wildman–Crippen LogP) is 4.46. The van der Waals surface area contributed by atoms with Crippen LogP contribution in [0.4, 0.5) is 0 Å². The summed E-state index contributed by atoms with van der Waals surface area (Å²) < 4.78 is 5.48. The molecule has 2 heterocycles. The second-order valence-corrected chi connectivity index (χ2v) is 8.56. The number of benzene rings is 1. The van der Waals surface area contributed by atoms with Crippen LogP contribution in [0.25, 0.3) is 0 Å². The van der Waals surface area contributed by atoms with Gasteiger partial charge in [0.15, 0.2) is 5.96 Å². The van der Waals surface area contributed by atoms with E-state index in [2.05, 4.69) is 63.7 Å². The van der Waals surface area contributed by atoms with E-state index in [0.29, 0.717) is 6.04 Å². The van der Waals surface area contributed by atoms with Crippen LogP contribution in [0.2, 0.25) is 0 Å². The minimum atomic E-state index is 0. The average molecular weight is 554 g/mol. The zero-order valence-corrected chi connectivity index (χ0v) is 22.2. The molecule has 0 spiro atoms. The summed E-state index contributed by atoms with van der Waals surface area (Å²) in [7, 11) is 3.98. The van der Waals surface area contributed by atoms with Gasteiger partial charge in [-0.2, -0.15) is 0 Å². The second kappa shape index (κ2) is 14.5. The molecule has 32 heavy (non-hydrogen) atoms. The predicted molar refractivity (Wildman–Crippen MR) is 143 cm³/mol. The number of hydrogen-bond donors (Lipinski definition) is 2. The zero-order chi connectivity index (χ0) is 21.9. The van der Waals surface area contributed by atoms with Crippen molar-refractivity contribution in [2.24, 2.45) is 4.99 Å². The van der Waals surface area contributed by atoms with E-state index < -0.39 is 0 Å². The first-order valence-electron chi connectivity index (χ1n) is 11.6. The molecule has 1 aromatic carbocycles. The number of guanidine groups is 1. The van der Waals surface area contributed by atoms with Crippen LogP contribution in [-0.4, -0.2) is 55.5 Å². The highest BCUT2D eigenvalue weighted by Crippen LogP contribution is 2.14. The Hall–Kier alpha value is -1.58. The van der Waals surface area contributed by atoms with E-state index in [4.69, 9.17) is 4.42 Å². The SMILES string of the molecule is CCCCN1CCC(NC(=NC)NCc2ccccc2CN(C)Cc2ccco2)CC1.I. The lowest BCUT2D eigenvalue weighted by Crippen LogP contribution is -2.48. The standard InChI is InChI=1S/C25H39N5O.HI/c1-4-5-14-30-15-12-23(13-16-30)28-25(26-2)27-18-21-9-6-7-10-22(21)19-29(3)20-24-11-8-17-31-24;/h6-11,17,23H,4-5,12-16,18-20H2,1-3H3,(H2,26,27,28);1H. The van der Waals surface area contributed by atoms with Crippen LogP contribution in [0.3, 0.4) is 0 Å². The van der Waals surface area contributed by atoms with Crippen molar-refractivity contribution in [1.29, 1.82) is 0 Å². The number of nitrogens with zero attached hydrogens (tertiary/aromatic N) is 3. The fourth-order valence-electron chi connectivity index (χ4n) is 4.15. The summed E-state index contributed by atoms with van der Waals surface area (Å²) in [4.78, 5) is 9.33. The molecule has 0 unspecified atom stereocenters. The molecule has 1 fully saturated rings. The van der Waals surface area contributed by atoms with Gasteiger partial charge in [0.25, 0.3) is 0 Å². The van der Waals surface area contributed by atoms with Crippen LogP contribution in [-0.2, 0) is 19.6 Å². The zero-order valence-electron chi connectivity index (χ0n) is 19.8. The smallest absolute Gasteiger partial charge is 0.191 e. The van der Waals surface area contributed by atoms with Crippen LogP contribution < -0.4 is 10.6 Å². The largest absolute Gasteiger partial charge is 0.468 e. The van der Waals surface area contributed by atoms with Gasteiger partial charge >= 0.3 is 0 Å². The van der Waals surface area contributed by atoms with Crippen LogP contribution in [0.5, 0.6) is 0 Å². The van der Waals surface area contributed by atoms with E-state index in [9.17, 15) is 0 Å². The maximum Gasteiger partial charge on any atom is 0.191 e. The molecule has 3 rings (SSSR count). The normalized spacial score (nSPS) is 15.6. The third-order valence-corrected chi connectivity index (χ3v) is 5.99. The number of nitrogens with one attached hydrogen (secondary N) is 2. The van der Waals surface area contributed by atoms with E-state index in [1.807, 2.05) is 19.2 Å². The van der Waals surface area contributed by atoms with Gasteiger partial charge in [-0.25, -0.2) is 0 Å². The summed E-state index contributed by atoms with van der Waals surface area (Å²) in [5, 5.41) is 7.16. The van der Waals surface area contributed by atoms with Gasteiger partial charge in [-0.1, -0.05) is 37.6 Å². The molecule has 178 valence electrons. The Morgan fingerprint density at radius 3 is 2.53 bits per heavy atom. The molecule has 0 amide bonds. The topological polar surface area (TPSA) is 56.0 Å². The molecule has 0 bridgehead atoms. The Morgan fingerprint density at radius 2 is 1.88 bits per heavy atom. The molecule has 1 saturated heterocycles. The molecule has 1 aromatic heterocycles. The van der Waals surface area contributed by atoms with Crippen molar-refractivity contribution in [1.82, 2.24) is 20.4 Å². The average Bonchev–Trinajstić information content (AvgIpc) is 3.29. The fraction of sp³-hybridized carbons (Fsp3) is 0.560. The fourth-order valence-corrected chi connectivity index (χ4v) is 4.15. The van der Waals surface area contributed by atoms with E-state index in [0.717, 1.165) is 31.4 Å². The molecule has 2 N–H and O–H groups in total. The van der Waals surface area contributed by atoms with Gasteiger partial charge in [0.1, 0.15) is 5.76 Å². The summed E-state index contributed by atoms with van der Waals surface area (Å²) in [5.74, 6) is 1.88. The monoisotopic (exact) mass is 553 g/mol. The molecule has 6 nitrogen and oxygen atoms in total. The highest BCUT2D eigenvalue weighted by atomic mass is 127. The molecule has 0 atom stereocenters. The molecule has 7 heteroatoms. The molecule has 0 aliphatic carbocycles. The summed E-state index contributed by atoms with van der Waals surface area (Å²) in [6.45, 7) is 8.30. The molecular weight excluding hydrogens is 513 g/mol. The lowest BCUT2D eigenvalue weighted by molar-refractivity contribution is 0.203. The summed E-state index contributed by atoms with van der Waals surface area (Å²) in [6, 6.07) is 13.1. The number of rotatable bonds is 10. The van der Waals surface area contributed by atoms with Gasteiger partial charge in [-0.15, -0.1) is 24.0 Å². The van der Waals surface area contributed by atoms with E-state index in [-0.39, 0.29) is 24.0 Å². The lowest BCUT2D eigenvalue weighted by atomic mass is 10.0. The Labute approximate surface area is 210 Å². The van der Waals surface area contributed by atoms with Crippen molar-refractivity contribution in [3.63, 3.8) is 0 Å². The first-order chi connectivity index (χ1) is 15.2. The van der Waals surface area contributed by atoms with Crippen molar-refractivity contribution in [2.75, 3.05) is 33.7 Å². The number of likely N-dealkylation sites (tertiary alicyclic amines) is 1. The number of piperidine rings is 1. The van der Waals surface area contributed by atoms with Gasteiger partial charge in [-0.3, -0.25) is 9.89 Å². The Kier molecular flexibility index (Phi) is 12.1. The van der Waals surface area contributed by atoms with Crippen molar-refractivity contribution in [3.05, 3.63) is 59.5 Å². The highest BCUT2D eigenvalue weighted by Gasteiger charge is 2.19. The second-order valence-electron chi connectivity index (χ2n) is 8.56. The number of unbranched alkanes of at least 4 members (excludes halogenated alkanes) is 1. The van der Waals surface area contributed by atoms with Crippen molar-refractivity contribution in [3.8, 4) is 0 Å². The Balaban J connectivity index is 0.00000363. The van der Waals surface area contributed by atoms with Crippen LogP contribution >= 0.6 is 24.0 Å². The first-order valence-corrected chi connectivity index (χ1v) is 11.6. The van der Waals surface area contributed by atoms with Gasteiger partial charge in [-0.05, 0) is 56.1 Å². The molecule has 2 aromatic rings. The summed E-state index contributed by atoms with van der Waals surface area (Å²) >= 11 is 0. The number of furan rings is 1. The lowest BCUT2D eigenvalue weighted by Gasteiger charge is -2.33. The minimum Gasteiger partial charge on any atom is -0.468 e. The van der Waals surface area contributed by atoms with Crippen molar-refractivity contribution < 1.29 is 4.42 Å². The van der Waals surface area contributed by atoms with Gasteiger partial charge in [0, 0.05) is 39.3 Å². The number of halogens is 1. The summed E-state index contributed by atoms with van der Waals surface area (Å²) in [6.07, 6.45) is 6.66. The maximum atomic E-state index is 5.48. The minimum absolute atomic E-state index is 0. The number of aliphatic imine (C=N–C) groups is 1. The van der Waals surface area contributed by atoms with Crippen LogP contribution in [0.15, 0.2) is 52.1 Å². The van der Waals surface area contributed by atoms with Crippen molar-refractivity contribution >= 4 is 29.9 Å². The maximum absolute atomic E-state index is 5.48. The van der Waals surface area contributed by atoms with E-state index in [1.165, 1.54) is 56.4 Å². The van der Waals surface area contributed by atoms with Crippen LogP contribution in [0.1, 0.15) is 49.5 Å². The quantitative estimate of drug-likeness (QED) is 0.259. The molecule has 0 radical (unpaired) electrons. The Bertz CT molecular complexity index is 787. The van der Waals surface area contributed by atoms with Crippen molar-refractivity contribution in [2.45, 2.75) is 58.3 Å². The van der Waals surface area contributed by atoms with E-state index >= 15 is 0 Å².